The van der Waals surface area contributed by atoms with Gasteiger partial charge in [-0.15, -0.1) is 0 Å². The molecule has 32 heavy (non-hydrogen) atoms. The van der Waals surface area contributed by atoms with Crippen LogP contribution >= 0.6 is 0 Å². The van der Waals surface area contributed by atoms with Crippen molar-refractivity contribution < 1.29 is 4.74 Å². The van der Waals surface area contributed by atoms with Crippen molar-refractivity contribution in [3.05, 3.63) is 53.0 Å². The van der Waals surface area contributed by atoms with Crippen molar-refractivity contribution in [3.8, 4) is 11.5 Å². The number of hydrogen-bond donors (Lipinski definition) is 3. The van der Waals surface area contributed by atoms with E-state index in [1.165, 1.54) is 17.5 Å². The summed E-state index contributed by atoms with van der Waals surface area (Å²) in [6, 6.07) is 9.18. The Morgan fingerprint density at radius 3 is 2.69 bits per heavy atom. The Morgan fingerprint density at radius 2 is 1.97 bits per heavy atom. The number of fused-ring (bicyclic) bond motifs is 1. The zero-order valence-electron chi connectivity index (χ0n) is 19.7. The molecule has 1 fully saturated rings. The van der Waals surface area contributed by atoms with Crippen LogP contribution in [0.5, 0.6) is 11.5 Å². The molecule has 3 N–H and O–H groups in total. The maximum absolute atomic E-state index is 8.15. The van der Waals surface area contributed by atoms with Crippen molar-refractivity contribution in [2.45, 2.75) is 58.5 Å². The Kier molecular flexibility index (Phi) is 6.80. The summed E-state index contributed by atoms with van der Waals surface area (Å²) in [5.74, 6) is 1.61. The summed E-state index contributed by atoms with van der Waals surface area (Å²) in [6.07, 6.45) is 7.63. The van der Waals surface area contributed by atoms with Gasteiger partial charge >= 0.3 is 0 Å². The second-order valence-electron chi connectivity index (χ2n) is 9.01. The maximum Gasteiger partial charge on any atom is 0.148 e. The molecule has 1 aromatic carbocycles. The third kappa shape index (κ3) is 4.65. The lowest BCUT2D eigenvalue weighted by Crippen LogP contribution is -2.37. The smallest absolute Gasteiger partial charge is 0.148 e. The highest BCUT2D eigenvalue weighted by Crippen LogP contribution is 2.42. The number of benzene rings is 1. The van der Waals surface area contributed by atoms with Crippen molar-refractivity contribution in [2.24, 2.45) is 0 Å². The van der Waals surface area contributed by atoms with Gasteiger partial charge in [0.25, 0.3) is 0 Å². The maximum atomic E-state index is 8.15. The topological polar surface area (TPSA) is 73.3 Å². The van der Waals surface area contributed by atoms with Gasteiger partial charge in [0.15, 0.2) is 0 Å². The first-order chi connectivity index (χ1) is 15.5. The lowest BCUT2D eigenvalue weighted by atomic mass is 9.92. The minimum absolute atomic E-state index is 0.434. The molecule has 3 heterocycles. The SMILES string of the molecule is Cc1ccc(Oc2c(/C(C=N)=C/NC3CCNCC3)ccc3c2CCC(C)N3C)c(C)n1. The molecule has 1 atom stereocenters. The number of nitrogens with zero attached hydrogens (tertiary/aromatic N) is 2. The van der Waals surface area contributed by atoms with E-state index in [0.717, 1.165) is 72.8 Å². The van der Waals surface area contributed by atoms with Gasteiger partial charge in [0.2, 0.25) is 0 Å². The number of nitrogens with one attached hydrogen (secondary N) is 3. The van der Waals surface area contributed by atoms with Gasteiger partial charge in [-0.25, -0.2) is 0 Å². The first kappa shape index (κ1) is 22.3. The fourth-order valence-corrected chi connectivity index (χ4v) is 4.60. The van der Waals surface area contributed by atoms with Crippen molar-refractivity contribution in [1.29, 1.82) is 5.41 Å². The van der Waals surface area contributed by atoms with E-state index in [1.807, 2.05) is 32.2 Å². The molecule has 0 saturated carbocycles. The highest BCUT2D eigenvalue weighted by atomic mass is 16.5. The van der Waals surface area contributed by atoms with Crippen LogP contribution in [0.3, 0.4) is 0 Å². The van der Waals surface area contributed by atoms with Crippen LogP contribution in [0, 0.1) is 19.3 Å². The molecule has 1 unspecified atom stereocenters. The number of ether oxygens (including phenoxy) is 1. The van der Waals surface area contributed by atoms with Crippen LogP contribution in [0.25, 0.3) is 5.57 Å². The summed E-state index contributed by atoms with van der Waals surface area (Å²) in [5, 5.41) is 15.1. The Morgan fingerprint density at radius 1 is 1.19 bits per heavy atom. The first-order valence-electron chi connectivity index (χ1n) is 11.7. The van der Waals surface area contributed by atoms with Gasteiger partial charge in [0, 0.05) is 59.6 Å². The number of allylic oxidation sites excluding steroid dienone is 1. The number of hydrogen-bond acceptors (Lipinski definition) is 6. The predicted octanol–water partition coefficient (Wildman–Crippen LogP) is 4.59. The van der Waals surface area contributed by atoms with E-state index >= 15 is 0 Å². The Balaban J connectivity index is 1.76. The van der Waals surface area contributed by atoms with Gasteiger partial charge < -0.3 is 25.7 Å². The fraction of sp³-hybridized carbons (Fsp3) is 0.462. The van der Waals surface area contributed by atoms with Gasteiger partial charge in [-0.3, -0.25) is 4.98 Å². The Bertz CT molecular complexity index is 1010. The molecule has 0 aliphatic carbocycles. The quantitative estimate of drug-likeness (QED) is 0.581. The van der Waals surface area contributed by atoms with E-state index < -0.39 is 0 Å². The Hall–Kier alpha value is -2.86. The number of aryl methyl sites for hydroxylation is 2. The van der Waals surface area contributed by atoms with E-state index in [9.17, 15) is 0 Å². The second-order valence-corrected chi connectivity index (χ2v) is 9.01. The summed E-state index contributed by atoms with van der Waals surface area (Å²) >= 11 is 0. The van der Waals surface area contributed by atoms with Crippen LogP contribution < -0.4 is 20.3 Å². The van der Waals surface area contributed by atoms with Crippen molar-refractivity contribution in [3.63, 3.8) is 0 Å². The minimum atomic E-state index is 0.434. The fourth-order valence-electron chi connectivity index (χ4n) is 4.60. The average Bonchev–Trinajstić information content (AvgIpc) is 2.80. The summed E-state index contributed by atoms with van der Waals surface area (Å²) in [5.41, 5.74) is 6.04. The number of rotatable bonds is 6. The van der Waals surface area contributed by atoms with Crippen LogP contribution in [0.2, 0.25) is 0 Å². The Labute approximate surface area is 191 Å². The van der Waals surface area contributed by atoms with E-state index in [-0.39, 0.29) is 0 Å². The molecule has 6 heteroatoms. The molecule has 1 saturated heterocycles. The summed E-state index contributed by atoms with van der Waals surface area (Å²) < 4.78 is 6.58. The molecule has 2 aliphatic heterocycles. The molecule has 4 rings (SSSR count). The zero-order chi connectivity index (χ0) is 22.7. The molecule has 0 amide bonds. The van der Waals surface area contributed by atoms with E-state index in [2.05, 4.69) is 46.6 Å². The standard InChI is InChI=1S/C26H35N5O/c1-17-5-10-25(19(3)30-17)32-26-22(8-9-24-23(26)7-6-18(2)31(24)4)20(15-27)16-29-21-11-13-28-14-12-21/h5,8-10,15-16,18,21,27-29H,6-7,11-14H2,1-4H3/b20-16+,27-15?. The molecular formula is C26H35N5O. The average molecular weight is 434 g/mol. The molecule has 1 aromatic heterocycles. The van der Waals surface area contributed by atoms with Gasteiger partial charge in [-0.05, 0) is 83.8 Å². The van der Waals surface area contributed by atoms with Gasteiger partial charge in [0.1, 0.15) is 11.5 Å². The van der Waals surface area contributed by atoms with Crippen molar-refractivity contribution >= 4 is 17.5 Å². The highest BCUT2D eigenvalue weighted by molar-refractivity contribution is 6.09. The second kappa shape index (κ2) is 9.74. The molecule has 0 spiro atoms. The highest BCUT2D eigenvalue weighted by Gasteiger charge is 2.26. The number of anilines is 1. The normalized spacial score (nSPS) is 19.4. The van der Waals surface area contributed by atoms with Crippen LogP contribution in [0.4, 0.5) is 5.69 Å². The lowest BCUT2D eigenvalue weighted by Gasteiger charge is -2.35. The van der Waals surface area contributed by atoms with E-state index in [1.54, 1.807) is 0 Å². The molecule has 6 nitrogen and oxygen atoms in total. The van der Waals surface area contributed by atoms with Crippen LogP contribution in [0.1, 0.15) is 48.7 Å². The van der Waals surface area contributed by atoms with Crippen LogP contribution in [-0.4, -0.2) is 43.4 Å². The van der Waals surface area contributed by atoms with E-state index in [4.69, 9.17) is 10.1 Å². The lowest BCUT2D eigenvalue weighted by molar-refractivity contribution is 0.420. The number of piperidine rings is 1. The summed E-state index contributed by atoms with van der Waals surface area (Å²) in [4.78, 5) is 6.92. The molecular weight excluding hydrogens is 398 g/mol. The zero-order valence-corrected chi connectivity index (χ0v) is 19.7. The molecule has 0 bridgehead atoms. The number of aromatic nitrogens is 1. The molecule has 2 aliphatic rings. The van der Waals surface area contributed by atoms with Gasteiger partial charge in [-0.2, -0.15) is 0 Å². The largest absolute Gasteiger partial charge is 0.454 e. The number of pyridine rings is 1. The molecule has 0 radical (unpaired) electrons. The first-order valence-corrected chi connectivity index (χ1v) is 11.7. The summed E-state index contributed by atoms with van der Waals surface area (Å²) in [7, 11) is 2.15. The minimum Gasteiger partial charge on any atom is -0.454 e. The van der Waals surface area contributed by atoms with Crippen molar-refractivity contribution in [1.82, 2.24) is 15.6 Å². The van der Waals surface area contributed by atoms with Gasteiger partial charge in [-0.1, -0.05) is 0 Å². The molecule has 170 valence electrons. The molecule has 2 aromatic rings. The summed E-state index contributed by atoms with van der Waals surface area (Å²) in [6.45, 7) is 8.30. The monoisotopic (exact) mass is 433 g/mol. The van der Waals surface area contributed by atoms with Crippen LogP contribution in [0.15, 0.2) is 30.5 Å². The van der Waals surface area contributed by atoms with E-state index in [0.29, 0.717) is 12.1 Å². The third-order valence-electron chi connectivity index (χ3n) is 6.76. The third-order valence-corrected chi connectivity index (χ3v) is 6.76. The van der Waals surface area contributed by atoms with Crippen LogP contribution in [-0.2, 0) is 6.42 Å². The predicted molar refractivity (Wildman–Crippen MR) is 132 cm³/mol. The van der Waals surface area contributed by atoms with Crippen molar-refractivity contribution in [2.75, 3.05) is 25.0 Å². The van der Waals surface area contributed by atoms with Gasteiger partial charge in [0.05, 0.1) is 5.69 Å².